The summed E-state index contributed by atoms with van der Waals surface area (Å²) in [5, 5.41) is 11.8. The zero-order valence-corrected chi connectivity index (χ0v) is 13.7. The predicted molar refractivity (Wildman–Crippen MR) is 85.3 cm³/mol. The average molecular weight is 287 g/mol. The summed E-state index contributed by atoms with van der Waals surface area (Å²) in [7, 11) is 0. The van der Waals surface area contributed by atoms with E-state index in [9.17, 15) is 0 Å². The first-order valence-electron chi connectivity index (χ1n) is 7.50. The van der Waals surface area contributed by atoms with Crippen LogP contribution in [-0.4, -0.2) is 22.3 Å². The molecule has 0 fully saturated rings. The maximum atomic E-state index is 5.79. The molecule has 0 atom stereocenters. The van der Waals surface area contributed by atoms with Crippen molar-refractivity contribution >= 4 is 0 Å². The monoisotopic (exact) mass is 287 g/mol. The third kappa shape index (κ3) is 4.67. The molecule has 4 nitrogen and oxygen atoms in total. The second kappa shape index (κ2) is 6.39. The molecule has 114 valence electrons. The number of hydrogen-bond acceptors (Lipinski definition) is 4. The van der Waals surface area contributed by atoms with Gasteiger partial charge in [-0.05, 0) is 59.2 Å². The van der Waals surface area contributed by atoms with Crippen LogP contribution in [-0.2, 0) is 6.42 Å². The lowest BCUT2D eigenvalue weighted by molar-refractivity contribution is 0.412. The van der Waals surface area contributed by atoms with Gasteiger partial charge in [0.15, 0.2) is 0 Å². The molecule has 0 amide bonds. The summed E-state index contributed by atoms with van der Waals surface area (Å²) in [5.74, 6) is 1.33. The van der Waals surface area contributed by atoms with Gasteiger partial charge in [0.1, 0.15) is 0 Å². The van der Waals surface area contributed by atoms with Gasteiger partial charge >= 0.3 is 0 Å². The Morgan fingerprint density at radius 1 is 1.14 bits per heavy atom. The fraction of sp³-hybridized carbons (Fsp3) is 0.529. The highest BCUT2D eigenvalue weighted by Crippen LogP contribution is 2.23. The highest BCUT2D eigenvalue weighted by atomic mass is 16.4. The van der Waals surface area contributed by atoms with Gasteiger partial charge in [0, 0.05) is 17.5 Å². The van der Waals surface area contributed by atoms with Crippen LogP contribution in [0.4, 0.5) is 0 Å². The molecule has 2 rings (SSSR count). The summed E-state index contributed by atoms with van der Waals surface area (Å²) < 4.78 is 5.79. The van der Waals surface area contributed by atoms with E-state index in [0.29, 0.717) is 11.8 Å². The standard InChI is InChI=1S/C17H25N3O/c1-12-8-9-13(2)14(11-12)16-20-19-15(21-16)7-6-10-18-17(3,4)5/h8-9,11,18H,6-7,10H2,1-5H3. The number of aromatic nitrogens is 2. The van der Waals surface area contributed by atoms with E-state index >= 15 is 0 Å². The third-order valence-corrected chi connectivity index (χ3v) is 3.31. The van der Waals surface area contributed by atoms with E-state index < -0.39 is 0 Å². The van der Waals surface area contributed by atoms with E-state index in [-0.39, 0.29) is 5.54 Å². The van der Waals surface area contributed by atoms with Gasteiger partial charge in [0.25, 0.3) is 0 Å². The fourth-order valence-electron chi connectivity index (χ4n) is 2.13. The summed E-state index contributed by atoms with van der Waals surface area (Å²) >= 11 is 0. The molecule has 0 aliphatic rings. The molecule has 1 N–H and O–H groups in total. The van der Waals surface area contributed by atoms with Gasteiger partial charge in [-0.3, -0.25) is 0 Å². The molecular weight excluding hydrogens is 262 g/mol. The summed E-state index contributed by atoms with van der Waals surface area (Å²) in [6.07, 6.45) is 1.80. The Bertz CT molecular complexity index is 596. The van der Waals surface area contributed by atoms with Crippen molar-refractivity contribution in [2.24, 2.45) is 0 Å². The Kier molecular flexibility index (Phi) is 4.78. The summed E-state index contributed by atoms with van der Waals surface area (Å²) in [4.78, 5) is 0. The number of nitrogens with zero attached hydrogens (tertiary/aromatic N) is 2. The van der Waals surface area contributed by atoms with Gasteiger partial charge in [-0.2, -0.15) is 0 Å². The molecule has 0 radical (unpaired) electrons. The molecule has 1 aromatic carbocycles. The van der Waals surface area contributed by atoms with Crippen molar-refractivity contribution in [2.75, 3.05) is 6.54 Å². The molecule has 4 heteroatoms. The van der Waals surface area contributed by atoms with Crippen LogP contribution in [0.25, 0.3) is 11.5 Å². The number of hydrogen-bond donors (Lipinski definition) is 1. The quantitative estimate of drug-likeness (QED) is 0.852. The summed E-state index contributed by atoms with van der Waals surface area (Å²) in [5.41, 5.74) is 3.54. The highest BCUT2D eigenvalue weighted by Gasteiger charge is 2.12. The summed E-state index contributed by atoms with van der Waals surface area (Å²) in [6.45, 7) is 11.6. The van der Waals surface area contributed by atoms with Gasteiger partial charge < -0.3 is 9.73 Å². The molecule has 0 spiro atoms. The van der Waals surface area contributed by atoms with Gasteiger partial charge in [-0.15, -0.1) is 10.2 Å². The van der Waals surface area contributed by atoms with Crippen LogP contribution in [0.5, 0.6) is 0 Å². The van der Waals surface area contributed by atoms with E-state index in [2.05, 4.69) is 68.3 Å². The Morgan fingerprint density at radius 2 is 1.90 bits per heavy atom. The first kappa shape index (κ1) is 15.7. The molecule has 0 unspecified atom stereocenters. The van der Waals surface area contributed by atoms with Crippen LogP contribution >= 0.6 is 0 Å². The molecule has 2 aromatic rings. The predicted octanol–water partition coefficient (Wildman–Crippen LogP) is 3.67. The van der Waals surface area contributed by atoms with Crippen molar-refractivity contribution in [3.05, 3.63) is 35.2 Å². The Balaban J connectivity index is 1.97. The minimum Gasteiger partial charge on any atom is -0.421 e. The second-order valence-electron chi connectivity index (χ2n) is 6.60. The minimum atomic E-state index is 0.151. The third-order valence-electron chi connectivity index (χ3n) is 3.31. The van der Waals surface area contributed by atoms with Crippen LogP contribution in [0, 0.1) is 13.8 Å². The topological polar surface area (TPSA) is 51.0 Å². The number of rotatable bonds is 5. The van der Waals surface area contributed by atoms with Crippen LogP contribution in [0.2, 0.25) is 0 Å². The Hall–Kier alpha value is -1.68. The first-order chi connectivity index (χ1) is 9.85. The molecule has 21 heavy (non-hydrogen) atoms. The zero-order chi connectivity index (χ0) is 15.5. The van der Waals surface area contributed by atoms with Gasteiger partial charge in [-0.1, -0.05) is 17.7 Å². The van der Waals surface area contributed by atoms with E-state index in [0.717, 1.165) is 30.5 Å². The van der Waals surface area contributed by atoms with Crippen LogP contribution < -0.4 is 5.32 Å². The normalized spacial score (nSPS) is 11.9. The molecule has 1 heterocycles. The second-order valence-corrected chi connectivity index (χ2v) is 6.60. The number of aryl methyl sites for hydroxylation is 3. The molecule has 0 aliphatic heterocycles. The molecule has 0 aliphatic carbocycles. The number of nitrogens with one attached hydrogen (secondary N) is 1. The van der Waals surface area contributed by atoms with E-state index in [1.165, 1.54) is 5.56 Å². The van der Waals surface area contributed by atoms with Crippen LogP contribution in [0.3, 0.4) is 0 Å². The lowest BCUT2D eigenvalue weighted by atomic mass is 10.1. The smallest absolute Gasteiger partial charge is 0.248 e. The van der Waals surface area contributed by atoms with Crippen molar-refractivity contribution in [1.29, 1.82) is 0 Å². The van der Waals surface area contributed by atoms with Gasteiger partial charge in [0.2, 0.25) is 11.8 Å². The Morgan fingerprint density at radius 3 is 2.62 bits per heavy atom. The van der Waals surface area contributed by atoms with Gasteiger partial charge in [-0.25, -0.2) is 0 Å². The van der Waals surface area contributed by atoms with Crippen molar-refractivity contribution in [1.82, 2.24) is 15.5 Å². The van der Waals surface area contributed by atoms with Crippen molar-refractivity contribution in [3.8, 4) is 11.5 Å². The van der Waals surface area contributed by atoms with Crippen molar-refractivity contribution < 1.29 is 4.42 Å². The fourth-order valence-corrected chi connectivity index (χ4v) is 2.13. The van der Waals surface area contributed by atoms with Crippen molar-refractivity contribution in [3.63, 3.8) is 0 Å². The molecular formula is C17H25N3O. The van der Waals surface area contributed by atoms with Crippen LogP contribution in [0.1, 0.15) is 44.2 Å². The van der Waals surface area contributed by atoms with E-state index in [1.54, 1.807) is 0 Å². The maximum absolute atomic E-state index is 5.79. The number of benzene rings is 1. The highest BCUT2D eigenvalue weighted by molar-refractivity contribution is 5.59. The largest absolute Gasteiger partial charge is 0.421 e. The average Bonchev–Trinajstić information content (AvgIpc) is 2.85. The molecule has 0 bridgehead atoms. The zero-order valence-electron chi connectivity index (χ0n) is 13.7. The SMILES string of the molecule is Cc1ccc(C)c(-c2nnc(CCCNC(C)(C)C)o2)c1. The lowest BCUT2D eigenvalue weighted by Gasteiger charge is -2.19. The van der Waals surface area contributed by atoms with Crippen molar-refractivity contribution in [2.45, 2.75) is 53.0 Å². The summed E-state index contributed by atoms with van der Waals surface area (Å²) in [6, 6.07) is 6.27. The maximum Gasteiger partial charge on any atom is 0.248 e. The molecule has 0 saturated heterocycles. The first-order valence-corrected chi connectivity index (χ1v) is 7.50. The van der Waals surface area contributed by atoms with Crippen LogP contribution in [0.15, 0.2) is 22.6 Å². The van der Waals surface area contributed by atoms with Gasteiger partial charge in [0.05, 0.1) is 0 Å². The minimum absolute atomic E-state index is 0.151. The Labute approximate surface area is 127 Å². The lowest BCUT2D eigenvalue weighted by Crippen LogP contribution is -2.36. The molecule has 1 aromatic heterocycles. The molecule has 0 saturated carbocycles. The van der Waals surface area contributed by atoms with E-state index in [4.69, 9.17) is 4.42 Å². The van der Waals surface area contributed by atoms with E-state index in [1.807, 2.05) is 0 Å².